The first-order chi connectivity index (χ1) is 12.0. The summed E-state index contributed by atoms with van der Waals surface area (Å²) in [6.45, 7) is 1.30. The molecular formula is C17H20ClN5O2. The van der Waals surface area contributed by atoms with Crippen LogP contribution in [0.2, 0.25) is 5.02 Å². The Kier molecular flexibility index (Phi) is 5.23. The van der Waals surface area contributed by atoms with Gasteiger partial charge < -0.3 is 20.5 Å². The minimum absolute atomic E-state index is 0.0695. The molecule has 0 spiro atoms. The van der Waals surface area contributed by atoms with E-state index in [9.17, 15) is 9.59 Å². The number of likely N-dealkylation sites (tertiary alicyclic amines) is 1. The molecule has 1 aliphatic heterocycles. The fourth-order valence-electron chi connectivity index (χ4n) is 3.11. The molecule has 7 nitrogen and oxygen atoms in total. The number of para-hydroxylation sites is 1. The summed E-state index contributed by atoms with van der Waals surface area (Å²) in [4.78, 5) is 29.9. The highest BCUT2D eigenvalue weighted by Gasteiger charge is 2.28. The van der Waals surface area contributed by atoms with Crippen molar-refractivity contribution in [1.82, 2.24) is 14.5 Å². The highest BCUT2D eigenvalue weighted by molar-refractivity contribution is 6.33. The SMILES string of the molecule is NC(=O)Cn1ccnc1C1CCCN(C(=O)Nc2ccccc2Cl)C1. The number of piperidine rings is 1. The van der Waals surface area contributed by atoms with Crippen molar-refractivity contribution < 1.29 is 9.59 Å². The fourth-order valence-corrected chi connectivity index (χ4v) is 3.29. The second-order valence-electron chi connectivity index (χ2n) is 6.07. The molecule has 0 aliphatic carbocycles. The number of rotatable bonds is 4. The smallest absolute Gasteiger partial charge is 0.321 e. The topological polar surface area (TPSA) is 93.2 Å². The van der Waals surface area contributed by atoms with E-state index < -0.39 is 5.91 Å². The molecule has 3 N–H and O–H groups in total. The number of carbonyl (C=O) groups excluding carboxylic acids is 2. The molecular weight excluding hydrogens is 342 g/mol. The molecule has 1 saturated heterocycles. The quantitative estimate of drug-likeness (QED) is 0.875. The monoisotopic (exact) mass is 361 g/mol. The number of hydrogen-bond acceptors (Lipinski definition) is 3. The van der Waals surface area contributed by atoms with Gasteiger partial charge in [-0.1, -0.05) is 23.7 Å². The van der Waals surface area contributed by atoms with Gasteiger partial charge in [-0.2, -0.15) is 0 Å². The summed E-state index contributed by atoms with van der Waals surface area (Å²) in [5.41, 5.74) is 5.87. The molecule has 1 aliphatic rings. The standard InChI is InChI=1S/C17H20ClN5O2/c18-13-5-1-2-6-14(13)21-17(25)23-8-3-4-12(10-23)16-20-7-9-22(16)11-15(19)24/h1-2,5-7,9,12H,3-4,8,10-11H2,(H2,19,24)(H,21,25). The van der Waals surface area contributed by atoms with Gasteiger partial charge in [0, 0.05) is 31.4 Å². The number of halogens is 1. The van der Waals surface area contributed by atoms with E-state index in [2.05, 4.69) is 10.3 Å². The molecule has 3 amide bonds. The zero-order valence-corrected chi connectivity index (χ0v) is 14.4. The fraction of sp³-hybridized carbons (Fsp3) is 0.353. The zero-order valence-electron chi connectivity index (χ0n) is 13.7. The summed E-state index contributed by atoms with van der Waals surface area (Å²) >= 11 is 6.10. The number of urea groups is 1. The molecule has 1 fully saturated rings. The number of anilines is 1. The van der Waals surface area contributed by atoms with Gasteiger partial charge in [-0.25, -0.2) is 9.78 Å². The van der Waals surface area contributed by atoms with Gasteiger partial charge >= 0.3 is 6.03 Å². The second kappa shape index (κ2) is 7.57. The maximum Gasteiger partial charge on any atom is 0.321 e. The average Bonchev–Trinajstić information content (AvgIpc) is 3.04. The Bertz CT molecular complexity index is 776. The van der Waals surface area contributed by atoms with Gasteiger partial charge in [0.1, 0.15) is 12.4 Å². The van der Waals surface area contributed by atoms with Crippen molar-refractivity contribution in [1.29, 1.82) is 0 Å². The van der Waals surface area contributed by atoms with Crippen LogP contribution in [0.5, 0.6) is 0 Å². The maximum atomic E-state index is 12.6. The number of nitrogens with zero attached hydrogens (tertiary/aromatic N) is 3. The normalized spacial score (nSPS) is 17.3. The third-order valence-electron chi connectivity index (χ3n) is 4.26. The van der Waals surface area contributed by atoms with Crippen molar-refractivity contribution in [2.24, 2.45) is 5.73 Å². The molecule has 0 bridgehead atoms. The van der Waals surface area contributed by atoms with Gasteiger partial charge in [0.2, 0.25) is 5.91 Å². The van der Waals surface area contributed by atoms with E-state index in [1.807, 2.05) is 12.1 Å². The average molecular weight is 362 g/mol. The number of nitrogens with one attached hydrogen (secondary N) is 1. The van der Waals surface area contributed by atoms with Crippen LogP contribution < -0.4 is 11.1 Å². The number of nitrogens with two attached hydrogens (primary N) is 1. The van der Waals surface area contributed by atoms with Crippen LogP contribution in [0.3, 0.4) is 0 Å². The van der Waals surface area contributed by atoms with Gasteiger partial charge in [-0.05, 0) is 25.0 Å². The van der Waals surface area contributed by atoms with Crippen molar-refractivity contribution >= 4 is 29.2 Å². The number of imidazole rings is 1. The van der Waals surface area contributed by atoms with Crippen LogP contribution in [0, 0.1) is 0 Å². The lowest BCUT2D eigenvalue weighted by atomic mass is 9.97. The van der Waals surface area contributed by atoms with Gasteiger partial charge in [0.05, 0.1) is 10.7 Å². The molecule has 1 aromatic heterocycles. The Labute approximate surface area is 150 Å². The number of benzene rings is 1. The Hall–Kier alpha value is -2.54. The largest absolute Gasteiger partial charge is 0.368 e. The second-order valence-corrected chi connectivity index (χ2v) is 6.48. The first kappa shape index (κ1) is 17.3. The summed E-state index contributed by atoms with van der Waals surface area (Å²) in [5, 5.41) is 3.35. The molecule has 25 heavy (non-hydrogen) atoms. The predicted molar refractivity (Wildman–Crippen MR) is 95.4 cm³/mol. The summed E-state index contributed by atoms with van der Waals surface area (Å²) in [6.07, 6.45) is 5.17. The number of amides is 3. The number of carbonyl (C=O) groups is 2. The zero-order chi connectivity index (χ0) is 17.8. The Morgan fingerprint density at radius 1 is 1.36 bits per heavy atom. The molecule has 3 rings (SSSR count). The van der Waals surface area contributed by atoms with Crippen LogP contribution in [-0.2, 0) is 11.3 Å². The van der Waals surface area contributed by atoms with Crippen molar-refractivity contribution in [3.05, 3.63) is 47.5 Å². The lowest BCUT2D eigenvalue weighted by Crippen LogP contribution is -2.42. The van der Waals surface area contributed by atoms with Gasteiger partial charge in [0.25, 0.3) is 0 Å². The third kappa shape index (κ3) is 4.11. The van der Waals surface area contributed by atoms with Crippen LogP contribution in [0.15, 0.2) is 36.7 Å². The van der Waals surface area contributed by atoms with E-state index in [0.29, 0.717) is 23.8 Å². The first-order valence-corrected chi connectivity index (χ1v) is 8.52. The number of primary amides is 1. The van der Waals surface area contributed by atoms with Crippen molar-refractivity contribution in [2.45, 2.75) is 25.3 Å². The van der Waals surface area contributed by atoms with E-state index >= 15 is 0 Å². The Morgan fingerprint density at radius 2 is 2.16 bits per heavy atom. The number of hydrogen-bond donors (Lipinski definition) is 2. The molecule has 1 aromatic carbocycles. The van der Waals surface area contributed by atoms with Crippen LogP contribution in [0.1, 0.15) is 24.6 Å². The lowest BCUT2D eigenvalue weighted by molar-refractivity contribution is -0.118. The van der Waals surface area contributed by atoms with E-state index in [4.69, 9.17) is 17.3 Å². The van der Waals surface area contributed by atoms with E-state index in [1.54, 1.807) is 34.0 Å². The first-order valence-electron chi connectivity index (χ1n) is 8.14. The minimum atomic E-state index is -0.414. The maximum absolute atomic E-state index is 12.6. The molecule has 2 heterocycles. The highest BCUT2D eigenvalue weighted by Crippen LogP contribution is 2.27. The van der Waals surface area contributed by atoms with Crippen molar-refractivity contribution in [3.63, 3.8) is 0 Å². The molecule has 132 valence electrons. The molecule has 2 aromatic rings. The number of aromatic nitrogens is 2. The summed E-state index contributed by atoms with van der Waals surface area (Å²) in [5.74, 6) is 0.442. The van der Waals surface area contributed by atoms with Crippen LogP contribution >= 0.6 is 11.6 Å². The Morgan fingerprint density at radius 3 is 2.92 bits per heavy atom. The molecule has 1 atom stereocenters. The van der Waals surface area contributed by atoms with Crippen molar-refractivity contribution in [3.8, 4) is 0 Å². The van der Waals surface area contributed by atoms with Gasteiger partial charge in [0.15, 0.2) is 0 Å². The van der Waals surface area contributed by atoms with Crippen molar-refractivity contribution in [2.75, 3.05) is 18.4 Å². The third-order valence-corrected chi connectivity index (χ3v) is 4.59. The van der Waals surface area contributed by atoms with Crippen LogP contribution in [0.25, 0.3) is 0 Å². The van der Waals surface area contributed by atoms with E-state index in [1.165, 1.54) is 0 Å². The summed E-state index contributed by atoms with van der Waals surface area (Å²) in [6, 6.07) is 6.94. The van der Waals surface area contributed by atoms with Crippen LogP contribution in [-0.4, -0.2) is 39.5 Å². The highest BCUT2D eigenvalue weighted by atomic mass is 35.5. The van der Waals surface area contributed by atoms with E-state index in [-0.39, 0.29) is 18.5 Å². The summed E-state index contributed by atoms with van der Waals surface area (Å²) < 4.78 is 1.75. The molecule has 0 radical (unpaired) electrons. The molecule has 8 heteroatoms. The molecule has 1 unspecified atom stereocenters. The minimum Gasteiger partial charge on any atom is -0.368 e. The van der Waals surface area contributed by atoms with Gasteiger partial charge in [-0.15, -0.1) is 0 Å². The van der Waals surface area contributed by atoms with E-state index in [0.717, 1.165) is 18.7 Å². The van der Waals surface area contributed by atoms with Crippen LogP contribution in [0.4, 0.5) is 10.5 Å². The lowest BCUT2D eigenvalue weighted by Gasteiger charge is -2.32. The molecule has 0 saturated carbocycles. The summed E-state index contributed by atoms with van der Waals surface area (Å²) in [7, 11) is 0. The van der Waals surface area contributed by atoms with Gasteiger partial charge in [-0.3, -0.25) is 4.79 Å². The Balaban J connectivity index is 1.69. The predicted octanol–water partition coefficient (Wildman–Crippen LogP) is 2.43.